The molecule has 0 amide bonds. The number of nitrogens with zero attached hydrogens (tertiary/aromatic N) is 4. The van der Waals surface area contributed by atoms with E-state index in [4.69, 9.17) is 0 Å². The van der Waals surface area contributed by atoms with Crippen LogP contribution in [0.5, 0.6) is 0 Å². The van der Waals surface area contributed by atoms with Gasteiger partial charge in [0.2, 0.25) is 0 Å². The van der Waals surface area contributed by atoms with Gasteiger partial charge in [0.15, 0.2) is 5.84 Å². The van der Waals surface area contributed by atoms with E-state index < -0.39 is 0 Å². The fourth-order valence-corrected chi connectivity index (χ4v) is 2.92. The molecule has 3 heterocycles. The van der Waals surface area contributed by atoms with Gasteiger partial charge in [-0.15, -0.1) is 0 Å². The Morgan fingerprint density at radius 1 is 1.12 bits per heavy atom. The van der Waals surface area contributed by atoms with Gasteiger partial charge in [-0.25, -0.2) is 4.68 Å². The van der Waals surface area contributed by atoms with Gasteiger partial charge in [-0.3, -0.25) is 4.68 Å². The maximum absolute atomic E-state index is 11.4. The van der Waals surface area contributed by atoms with Crippen LogP contribution in [0.15, 0.2) is 54.0 Å². The summed E-state index contributed by atoms with van der Waals surface area (Å²) in [4.78, 5) is 11.4. The molecule has 0 saturated carbocycles. The van der Waals surface area contributed by atoms with Gasteiger partial charge in [0, 0.05) is 30.6 Å². The molecule has 24 heavy (non-hydrogen) atoms. The molecule has 1 aromatic carbocycles. The molecule has 1 unspecified atom stereocenters. The van der Waals surface area contributed by atoms with Gasteiger partial charge in [0.05, 0.1) is 11.9 Å². The van der Waals surface area contributed by atoms with E-state index in [1.807, 2.05) is 62.9 Å². The van der Waals surface area contributed by atoms with E-state index in [0.29, 0.717) is 5.84 Å². The third kappa shape index (κ3) is 2.42. The molecule has 0 aliphatic carbocycles. The first-order valence-corrected chi connectivity index (χ1v) is 7.73. The van der Waals surface area contributed by atoms with Crippen molar-refractivity contribution in [2.75, 3.05) is 0 Å². The van der Waals surface area contributed by atoms with Gasteiger partial charge in [0.25, 0.3) is 0 Å². The Hall–Kier alpha value is -3.15. The Bertz CT molecular complexity index is 933. The lowest BCUT2D eigenvalue weighted by Crippen LogP contribution is -2.35. The van der Waals surface area contributed by atoms with Crippen LogP contribution in [0.25, 0.3) is 11.1 Å². The molecule has 0 fully saturated rings. The molecular weight excluding hydrogens is 302 g/mol. The summed E-state index contributed by atoms with van der Waals surface area (Å²) in [6.07, 6.45) is 6.64. The molecule has 120 valence electrons. The predicted molar refractivity (Wildman–Crippen MR) is 91.7 cm³/mol. The van der Waals surface area contributed by atoms with Crippen molar-refractivity contribution >= 4 is 12.1 Å². The summed E-state index contributed by atoms with van der Waals surface area (Å²) < 4.78 is 3.55. The Balaban J connectivity index is 1.69. The number of benzene rings is 1. The molecule has 1 aliphatic rings. The normalized spacial score (nSPS) is 16.2. The monoisotopic (exact) mass is 319 g/mol. The lowest BCUT2D eigenvalue weighted by atomic mass is 10.1. The smallest absolute Gasteiger partial charge is 0.155 e. The molecule has 0 radical (unpaired) electrons. The number of aromatic nitrogens is 3. The second kappa shape index (κ2) is 5.49. The number of aryl methyl sites for hydroxylation is 2. The van der Waals surface area contributed by atoms with E-state index in [-0.39, 0.29) is 6.04 Å². The fourth-order valence-electron chi connectivity index (χ4n) is 2.92. The molecule has 6 heteroatoms. The van der Waals surface area contributed by atoms with Crippen LogP contribution in [0.1, 0.15) is 22.9 Å². The van der Waals surface area contributed by atoms with Crippen LogP contribution >= 0.6 is 0 Å². The second-order valence-electron chi connectivity index (χ2n) is 5.97. The summed E-state index contributed by atoms with van der Waals surface area (Å²) in [5.41, 5.74) is 5.03. The Kier molecular flexibility index (Phi) is 3.30. The number of amidine groups is 1. The third-order valence-electron chi connectivity index (χ3n) is 4.12. The Morgan fingerprint density at radius 2 is 1.88 bits per heavy atom. The largest absolute Gasteiger partial charge is 0.353 e. The van der Waals surface area contributed by atoms with Crippen molar-refractivity contribution in [2.45, 2.75) is 13.0 Å². The second-order valence-corrected chi connectivity index (χ2v) is 5.97. The third-order valence-corrected chi connectivity index (χ3v) is 4.12. The van der Waals surface area contributed by atoms with Crippen molar-refractivity contribution in [3.63, 3.8) is 0 Å². The lowest BCUT2D eigenvalue weighted by molar-refractivity contribution is -0.109. The number of carbonyl (C=O) groups excluding carboxylic acids is 1. The number of aldehydes is 1. The zero-order valence-corrected chi connectivity index (χ0v) is 13.5. The van der Waals surface area contributed by atoms with Gasteiger partial charge in [-0.2, -0.15) is 10.2 Å². The highest BCUT2D eigenvalue weighted by molar-refractivity contribution is 6.01. The molecule has 0 bridgehead atoms. The maximum Gasteiger partial charge on any atom is 0.155 e. The number of fused-ring (bicyclic) bond motifs is 1. The number of hydrogen-bond donors (Lipinski definition) is 1. The average Bonchev–Trinajstić information content (AvgIpc) is 3.18. The molecule has 1 aliphatic heterocycles. The quantitative estimate of drug-likeness (QED) is 0.753. The minimum atomic E-state index is -0.385. The highest BCUT2D eigenvalue weighted by atomic mass is 16.1. The first-order chi connectivity index (χ1) is 11.6. The molecule has 4 rings (SSSR count). The Morgan fingerprint density at radius 3 is 2.54 bits per heavy atom. The van der Waals surface area contributed by atoms with Crippen LogP contribution < -0.4 is 5.32 Å². The molecular formula is C18H17N5O. The van der Waals surface area contributed by atoms with Crippen molar-refractivity contribution in [3.05, 3.63) is 65.7 Å². The molecule has 0 spiro atoms. The van der Waals surface area contributed by atoms with Gasteiger partial charge in [-0.05, 0) is 24.1 Å². The van der Waals surface area contributed by atoms with Crippen molar-refractivity contribution in [1.82, 2.24) is 19.8 Å². The number of nitrogens with one attached hydrogen (secondary N) is 1. The minimum absolute atomic E-state index is 0.385. The summed E-state index contributed by atoms with van der Waals surface area (Å²) >= 11 is 0. The van der Waals surface area contributed by atoms with Gasteiger partial charge in [0.1, 0.15) is 12.3 Å². The lowest BCUT2D eigenvalue weighted by Gasteiger charge is -2.22. The highest BCUT2D eigenvalue weighted by Gasteiger charge is 2.22. The zero-order valence-electron chi connectivity index (χ0n) is 13.5. The number of rotatable bonds is 3. The SMILES string of the molecule is Cc1cc2n(c1)N=C(c1ccc(-c3cnn(C)c3)cc1)NC2C=O. The topological polar surface area (TPSA) is 64.2 Å². The summed E-state index contributed by atoms with van der Waals surface area (Å²) in [5.74, 6) is 0.688. The van der Waals surface area contributed by atoms with E-state index in [0.717, 1.165) is 34.2 Å². The molecule has 0 saturated heterocycles. The molecule has 6 nitrogen and oxygen atoms in total. The molecule has 1 atom stereocenters. The van der Waals surface area contributed by atoms with Crippen LogP contribution in [-0.4, -0.2) is 26.6 Å². The Labute approximate surface area is 139 Å². The number of carbonyl (C=O) groups is 1. The van der Waals surface area contributed by atoms with Crippen molar-refractivity contribution < 1.29 is 4.79 Å². The average molecular weight is 319 g/mol. The summed E-state index contributed by atoms with van der Waals surface area (Å²) in [6.45, 7) is 1.99. The van der Waals surface area contributed by atoms with Crippen LogP contribution in [0.4, 0.5) is 0 Å². The first-order valence-electron chi connectivity index (χ1n) is 7.73. The van der Waals surface area contributed by atoms with E-state index in [1.165, 1.54) is 0 Å². The fraction of sp³-hybridized carbons (Fsp3) is 0.167. The number of hydrogen-bond acceptors (Lipinski definition) is 4. The van der Waals surface area contributed by atoms with E-state index in [9.17, 15) is 4.79 Å². The highest BCUT2D eigenvalue weighted by Crippen LogP contribution is 2.22. The molecule has 3 aromatic rings. The predicted octanol–water partition coefficient (Wildman–Crippen LogP) is 2.25. The first kappa shape index (κ1) is 14.4. The zero-order chi connectivity index (χ0) is 16.7. The minimum Gasteiger partial charge on any atom is -0.353 e. The van der Waals surface area contributed by atoms with Crippen molar-refractivity contribution in [3.8, 4) is 11.1 Å². The van der Waals surface area contributed by atoms with Crippen LogP contribution in [0, 0.1) is 6.92 Å². The van der Waals surface area contributed by atoms with Gasteiger partial charge >= 0.3 is 0 Å². The van der Waals surface area contributed by atoms with Crippen molar-refractivity contribution in [2.24, 2.45) is 12.1 Å². The summed E-state index contributed by atoms with van der Waals surface area (Å²) in [7, 11) is 1.90. The van der Waals surface area contributed by atoms with Crippen molar-refractivity contribution in [1.29, 1.82) is 0 Å². The summed E-state index contributed by atoms with van der Waals surface area (Å²) in [5, 5.41) is 12.0. The molecule has 2 aromatic heterocycles. The standard InChI is InChI=1S/C18H17N5O/c1-12-7-17-16(11-24)20-18(21-23(17)9-12)14-5-3-13(4-6-14)15-8-19-22(2)10-15/h3-11,16H,1-2H3,(H,20,21). The van der Waals surface area contributed by atoms with Crippen LogP contribution in [0.3, 0.4) is 0 Å². The van der Waals surface area contributed by atoms with Gasteiger partial charge in [-0.1, -0.05) is 24.3 Å². The van der Waals surface area contributed by atoms with E-state index >= 15 is 0 Å². The maximum atomic E-state index is 11.4. The van der Waals surface area contributed by atoms with E-state index in [1.54, 1.807) is 9.36 Å². The van der Waals surface area contributed by atoms with Crippen LogP contribution in [0.2, 0.25) is 0 Å². The summed E-state index contributed by atoms with van der Waals surface area (Å²) in [6, 6.07) is 9.64. The van der Waals surface area contributed by atoms with E-state index in [2.05, 4.69) is 15.5 Å². The van der Waals surface area contributed by atoms with Crippen LogP contribution in [-0.2, 0) is 11.8 Å². The van der Waals surface area contributed by atoms with Gasteiger partial charge < -0.3 is 10.1 Å². The molecule has 1 N–H and O–H groups in total.